The van der Waals surface area contributed by atoms with Crippen molar-refractivity contribution in [2.45, 2.75) is 30.4 Å². The molecule has 1 N–H and O–H groups in total. The molecule has 0 amide bonds. The first kappa shape index (κ1) is 12.9. The average Bonchev–Trinajstić information content (AvgIpc) is 2.25. The lowest BCUT2D eigenvalue weighted by atomic mass is 10.2. The molecule has 1 heterocycles. The molecule has 0 atom stereocenters. The van der Waals surface area contributed by atoms with Crippen LogP contribution in [0.3, 0.4) is 0 Å². The normalized spacial score (nSPS) is 11.7. The fourth-order valence-electron chi connectivity index (χ4n) is 1.63. The van der Waals surface area contributed by atoms with Crippen LogP contribution in [-0.4, -0.2) is 20.8 Å². The van der Waals surface area contributed by atoms with Gasteiger partial charge in [-0.2, -0.15) is 0 Å². The van der Waals surface area contributed by atoms with E-state index >= 15 is 0 Å². The molecule has 0 aliphatic heterocycles. The second kappa shape index (κ2) is 4.61. The predicted molar refractivity (Wildman–Crippen MR) is 74.3 cm³/mol. The Morgan fingerprint density at radius 2 is 1.89 bits per heavy atom. The number of nitrogens with zero attached hydrogens (tertiary/aromatic N) is 1. The Bertz CT molecular complexity index is 602. The highest BCUT2D eigenvalue weighted by molar-refractivity contribution is 8.00. The van der Waals surface area contributed by atoms with Crippen LogP contribution in [0.2, 0.25) is 0 Å². The summed E-state index contributed by atoms with van der Waals surface area (Å²) in [5.41, 5.74) is 0.810. The summed E-state index contributed by atoms with van der Waals surface area (Å²) >= 11 is 1.74. The van der Waals surface area contributed by atoms with E-state index in [1.54, 1.807) is 17.8 Å². The van der Waals surface area contributed by atoms with Gasteiger partial charge in [-0.1, -0.05) is 32.9 Å². The van der Waals surface area contributed by atoms with E-state index in [1.807, 2.05) is 18.2 Å². The number of hydrogen-bond acceptors (Lipinski definition) is 3. The van der Waals surface area contributed by atoms with E-state index in [0.717, 1.165) is 15.8 Å². The zero-order valence-electron chi connectivity index (χ0n) is 10.6. The van der Waals surface area contributed by atoms with Crippen molar-refractivity contribution in [2.75, 3.05) is 0 Å². The van der Waals surface area contributed by atoms with Crippen LogP contribution in [0.15, 0.2) is 35.2 Å². The van der Waals surface area contributed by atoms with Gasteiger partial charge >= 0.3 is 5.97 Å². The maximum absolute atomic E-state index is 10.9. The van der Waals surface area contributed by atoms with Gasteiger partial charge in [-0.25, -0.2) is 9.78 Å². The first-order chi connectivity index (χ1) is 8.35. The van der Waals surface area contributed by atoms with Crippen molar-refractivity contribution in [3.8, 4) is 0 Å². The monoisotopic (exact) mass is 261 g/mol. The van der Waals surface area contributed by atoms with Crippen molar-refractivity contribution in [1.29, 1.82) is 0 Å². The number of pyridine rings is 1. The Kier molecular flexibility index (Phi) is 3.30. The summed E-state index contributed by atoms with van der Waals surface area (Å²) in [4.78, 5) is 16.1. The van der Waals surface area contributed by atoms with Crippen LogP contribution < -0.4 is 0 Å². The Labute approximate surface area is 110 Å². The molecule has 0 spiro atoms. The summed E-state index contributed by atoms with van der Waals surface area (Å²) in [6.07, 6.45) is 0. The standard InChI is InChI=1S/C14H15NO2S/c1-14(2,3)18-10-6-4-9-5-7-11(13(16)17)15-12(9)8-10/h4-8H,1-3H3,(H,16,17). The van der Waals surface area contributed by atoms with E-state index in [4.69, 9.17) is 5.11 Å². The maximum atomic E-state index is 10.9. The number of carboxylic acids is 1. The number of fused-ring (bicyclic) bond motifs is 1. The maximum Gasteiger partial charge on any atom is 0.354 e. The molecule has 2 rings (SSSR count). The molecule has 0 saturated heterocycles. The van der Waals surface area contributed by atoms with Crippen molar-refractivity contribution < 1.29 is 9.90 Å². The smallest absolute Gasteiger partial charge is 0.354 e. The molecule has 3 nitrogen and oxygen atoms in total. The molecule has 1 aromatic carbocycles. The van der Waals surface area contributed by atoms with Gasteiger partial charge in [0.15, 0.2) is 0 Å². The quantitative estimate of drug-likeness (QED) is 0.835. The number of thioether (sulfide) groups is 1. The number of hydrogen-bond donors (Lipinski definition) is 1. The lowest BCUT2D eigenvalue weighted by molar-refractivity contribution is 0.0691. The molecule has 0 fully saturated rings. The van der Waals surface area contributed by atoms with Gasteiger partial charge in [0.05, 0.1) is 5.52 Å². The molecule has 2 aromatic rings. The number of benzene rings is 1. The first-order valence-electron chi connectivity index (χ1n) is 5.68. The number of carboxylic acid groups (broad SMARTS) is 1. The summed E-state index contributed by atoms with van der Waals surface area (Å²) < 4.78 is 0.123. The van der Waals surface area contributed by atoms with E-state index in [0.29, 0.717) is 0 Å². The molecular formula is C14H15NO2S. The van der Waals surface area contributed by atoms with Crippen LogP contribution in [0.4, 0.5) is 0 Å². The summed E-state index contributed by atoms with van der Waals surface area (Å²) in [7, 11) is 0. The van der Waals surface area contributed by atoms with Crippen LogP contribution in [0.25, 0.3) is 10.9 Å². The van der Waals surface area contributed by atoms with Crippen molar-refractivity contribution in [2.24, 2.45) is 0 Å². The van der Waals surface area contributed by atoms with Gasteiger partial charge in [-0.15, -0.1) is 11.8 Å². The van der Waals surface area contributed by atoms with Gasteiger partial charge < -0.3 is 5.11 Å². The van der Waals surface area contributed by atoms with E-state index in [-0.39, 0.29) is 10.4 Å². The van der Waals surface area contributed by atoms with Gasteiger partial charge in [0.25, 0.3) is 0 Å². The third-order valence-corrected chi connectivity index (χ3v) is 3.41. The van der Waals surface area contributed by atoms with Crippen LogP contribution in [-0.2, 0) is 0 Å². The fourth-order valence-corrected chi connectivity index (χ4v) is 2.65. The van der Waals surface area contributed by atoms with E-state index in [2.05, 4.69) is 25.8 Å². The number of carbonyl (C=O) groups is 1. The molecule has 0 aliphatic rings. The van der Waals surface area contributed by atoms with Gasteiger partial charge in [0, 0.05) is 15.0 Å². The Hall–Kier alpha value is -1.55. The molecular weight excluding hydrogens is 246 g/mol. The van der Waals surface area contributed by atoms with Crippen LogP contribution in [0.1, 0.15) is 31.3 Å². The van der Waals surface area contributed by atoms with Gasteiger partial charge in [-0.3, -0.25) is 0 Å². The zero-order chi connectivity index (χ0) is 13.3. The Morgan fingerprint density at radius 3 is 2.50 bits per heavy atom. The SMILES string of the molecule is CC(C)(C)Sc1ccc2ccc(C(=O)O)nc2c1. The predicted octanol–water partition coefficient (Wildman–Crippen LogP) is 3.82. The number of rotatable bonds is 2. The third kappa shape index (κ3) is 3.01. The van der Waals surface area contributed by atoms with Crippen molar-refractivity contribution in [3.63, 3.8) is 0 Å². The molecule has 18 heavy (non-hydrogen) atoms. The molecule has 0 aliphatic carbocycles. The average molecular weight is 261 g/mol. The van der Waals surface area contributed by atoms with Gasteiger partial charge in [0.1, 0.15) is 5.69 Å². The summed E-state index contributed by atoms with van der Waals surface area (Å²) in [5.74, 6) is -0.995. The van der Waals surface area contributed by atoms with E-state index in [1.165, 1.54) is 6.07 Å². The lowest BCUT2D eigenvalue weighted by Gasteiger charge is -2.17. The van der Waals surface area contributed by atoms with E-state index < -0.39 is 5.97 Å². The number of aromatic carboxylic acids is 1. The molecule has 0 saturated carbocycles. The molecule has 1 aromatic heterocycles. The van der Waals surface area contributed by atoms with Crippen LogP contribution >= 0.6 is 11.8 Å². The van der Waals surface area contributed by atoms with Crippen molar-refractivity contribution in [3.05, 3.63) is 36.0 Å². The molecule has 4 heteroatoms. The highest BCUT2D eigenvalue weighted by Gasteiger charge is 2.13. The van der Waals surface area contributed by atoms with Gasteiger partial charge in [-0.05, 0) is 18.2 Å². The molecule has 0 bridgehead atoms. The third-order valence-electron chi connectivity index (χ3n) is 2.31. The van der Waals surface area contributed by atoms with Crippen LogP contribution in [0, 0.1) is 0 Å². The minimum atomic E-state index is -0.995. The molecule has 0 unspecified atom stereocenters. The largest absolute Gasteiger partial charge is 0.477 e. The summed E-state index contributed by atoms with van der Waals surface area (Å²) in [6.45, 7) is 6.43. The van der Waals surface area contributed by atoms with Crippen molar-refractivity contribution in [1.82, 2.24) is 4.98 Å². The highest BCUT2D eigenvalue weighted by atomic mass is 32.2. The second-order valence-electron chi connectivity index (χ2n) is 5.07. The molecule has 0 radical (unpaired) electrons. The Balaban J connectivity index is 2.45. The highest BCUT2D eigenvalue weighted by Crippen LogP contribution is 2.33. The lowest BCUT2D eigenvalue weighted by Crippen LogP contribution is -2.06. The summed E-state index contributed by atoms with van der Waals surface area (Å²) in [6, 6.07) is 9.28. The van der Waals surface area contributed by atoms with Crippen molar-refractivity contribution >= 4 is 28.6 Å². The second-order valence-corrected chi connectivity index (χ2v) is 6.97. The topological polar surface area (TPSA) is 50.2 Å². The van der Waals surface area contributed by atoms with Gasteiger partial charge in [0.2, 0.25) is 0 Å². The molecule has 94 valence electrons. The van der Waals surface area contributed by atoms with Crippen LogP contribution in [0.5, 0.6) is 0 Å². The minimum Gasteiger partial charge on any atom is -0.477 e. The summed E-state index contributed by atoms with van der Waals surface area (Å²) in [5, 5.41) is 9.89. The van der Waals surface area contributed by atoms with E-state index in [9.17, 15) is 4.79 Å². The first-order valence-corrected chi connectivity index (χ1v) is 6.50. The Morgan fingerprint density at radius 1 is 1.22 bits per heavy atom. The number of aromatic nitrogens is 1. The minimum absolute atomic E-state index is 0.0837. The fraction of sp³-hybridized carbons (Fsp3) is 0.286. The zero-order valence-corrected chi connectivity index (χ0v) is 11.4.